The molecule has 0 spiro atoms. The minimum Gasteiger partial charge on any atom is -0.344 e. The van der Waals surface area contributed by atoms with E-state index in [1.54, 1.807) is 0 Å². The molecule has 3 unspecified atom stereocenters. The maximum atomic E-state index is 5.52. The van der Waals surface area contributed by atoms with Crippen molar-refractivity contribution in [3.05, 3.63) is 0 Å². The second-order valence-electron chi connectivity index (χ2n) is 7.96. The molecular weight excluding hydrogens is 344 g/mol. The number of unbranched alkanes of at least 4 members (excludes halogenated alkanes) is 3. The van der Waals surface area contributed by atoms with E-state index in [1.165, 1.54) is 77.0 Å². The van der Waals surface area contributed by atoms with Gasteiger partial charge in [-0.2, -0.15) is 0 Å². The van der Waals surface area contributed by atoms with Crippen LogP contribution >= 0.6 is 0 Å². The second kappa shape index (κ2) is 31.5. The van der Waals surface area contributed by atoms with Crippen molar-refractivity contribution in [2.45, 2.75) is 119 Å². The molecular formula is C24H60N4. The molecule has 0 fully saturated rings. The fourth-order valence-corrected chi connectivity index (χ4v) is 2.94. The van der Waals surface area contributed by atoms with Crippen LogP contribution in [0.3, 0.4) is 0 Å². The number of nitrogens with two attached hydrogens (primary N) is 3. The summed E-state index contributed by atoms with van der Waals surface area (Å²) in [5.41, 5.74) is 16.6. The minimum atomic E-state index is 0. The van der Waals surface area contributed by atoms with Gasteiger partial charge in [0, 0.05) is 0 Å². The lowest BCUT2D eigenvalue weighted by Gasteiger charge is -2.09. The van der Waals surface area contributed by atoms with E-state index in [2.05, 4.69) is 41.5 Å². The highest BCUT2D eigenvalue weighted by Crippen LogP contribution is 2.11. The lowest BCUT2D eigenvalue weighted by Crippen LogP contribution is -2.12. The number of hydrogen-bond acceptors (Lipinski definition) is 4. The smallest absolute Gasteiger partial charge is 0.00490 e. The van der Waals surface area contributed by atoms with Crippen LogP contribution in [0.4, 0.5) is 0 Å². The van der Waals surface area contributed by atoms with Gasteiger partial charge in [0.2, 0.25) is 0 Å². The van der Waals surface area contributed by atoms with Gasteiger partial charge in [-0.25, -0.2) is 0 Å². The van der Waals surface area contributed by atoms with Gasteiger partial charge in [0.1, 0.15) is 0 Å². The summed E-state index contributed by atoms with van der Waals surface area (Å²) in [6.45, 7) is 15.9. The summed E-state index contributed by atoms with van der Waals surface area (Å²) in [7, 11) is 0. The molecule has 0 amide bonds. The number of hydrogen-bond donors (Lipinski definition) is 4. The van der Waals surface area contributed by atoms with Gasteiger partial charge in [-0.1, -0.05) is 99.3 Å². The van der Waals surface area contributed by atoms with Gasteiger partial charge in [-0.15, -0.1) is 0 Å². The summed E-state index contributed by atoms with van der Waals surface area (Å²) >= 11 is 0. The number of rotatable bonds is 15. The van der Waals surface area contributed by atoms with Gasteiger partial charge in [-0.3, -0.25) is 0 Å². The topological polar surface area (TPSA) is 113 Å². The highest BCUT2D eigenvalue weighted by Gasteiger charge is 2.01. The predicted molar refractivity (Wildman–Crippen MR) is 132 cm³/mol. The van der Waals surface area contributed by atoms with E-state index < -0.39 is 0 Å². The summed E-state index contributed by atoms with van der Waals surface area (Å²) < 4.78 is 0. The molecule has 0 heterocycles. The molecule has 0 radical (unpaired) electrons. The molecule has 9 N–H and O–H groups in total. The van der Waals surface area contributed by atoms with Gasteiger partial charge < -0.3 is 23.4 Å². The van der Waals surface area contributed by atoms with Gasteiger partial charge >= 0.3 is 0 Å². The van der Waals surface area contributed by atoms with Crippen molar-refractivity contribution in [2.75, 3.05) is 19.6 Å². The molecule has 0 rings (SSSR count). The van der Waals surface area contributed by atoms with Crippen molar-refractivity contribution in [2.24, 2.45) is 35.0 Å². The molecule has 0 aromatic rings. The van der Waals surface area contributed by atoms with Crippen LogP contribution in [0.5, 0.6) is 0 Å². The van der Waals surface area contributed by atoms with Crippen LogP contribution in [0.15, 0.2) is 0 Å². The Hall–Kier alpha value is -0.160. The molecule has 0 bridgehead atoms. The molecule has 3 atom stereocenters. The average Bonchev–Trinajstić information content (AvgIpc) is 2.71. The summed E-state index contributed by atoms with van der Waals surface area (Å²) in [5.74, 6) is 2.35. The van der Waals surface area contributed by atoms with E-state index in [0.29, 0.717) is 0 Å². The SMILES string of the molecule is CCCCC(CC)CN.CCCCC(CC)CN.CCCCC(CC)CN.N. The van der Waals surface area contributed by atoms with Crippen LogP contribution in [0.2, 0.25) is 0 Å². The largest absolute Gasteiger partial charge is 0.344 e. The molecule has 28 heavy (non-hydrogen) atoms. The predicted octanol–water partition coefficient (Wildman–Crippen LogP) is 6.65. The first kappa shape index (κ1) is 35.3. The van der Waals surface area contributed by atoms with Crippen molar-refractivity contribution >= 4 is 0 Å². The average molecular weight is 405 g/mol. The van der Waals surface area contributed by atoms with Crippen molar-refractivity contribution in [1.82, 2.24) is 6.15 Å². The third-order valence-electron chi connectivity index (χ3n) is 5.63. The molecule has 0 aromatic carbocycles. The minimum absolute atomic E-state index is 0. The highest BCUT2D eigenvalue weighted by atomic mass is 14.5. The van der Waals surface area contributed by atoms with Crippen molar-refractivity contribution in [3.8, 4) is 0 Å². The molecule has 4 nitrogen and oxygen atoms in total. The molecule has 176 valence electrons. The first-order chi connectivity index (χ1) is 13.0. The molecule has 0 aliphatic carbocycles. The van der Waals surface area contributed by atoms with Crippen molar-refractivity contribution < 1.29 is 0 Å². The summed E-state index contributed by atoms with van der Waals surface area (Å²) in [5, 5.41) is 0. The Kier molecular flexibility index (Phi) is 39.7. The van der Waals surface area contributed by atoms with E-state index >= 15 is 0 Å². The first-order valence-corrected chi connectivity index (χ1v) is 12.1. The summed E-state index contributed by atoms with van der Waals surface area (Å²) in [4.78, 5) is 0. The van der Waals surface area contributed by atoms with Crippen LogP contribution in [-0.4, -0.2) is 19.6 Å². The van der Waals surface area contributed by atoms with Crippen LogP contribution in [0.1, 0.15) is 119 Å². The lowest BCUT2D eigenvalue weighted by atomic mass is 10.00. The first-order valence-electron chi connectivity index (χ1n) is 12.1. The third kappa shape index (κ3) is 28.1. The Labute approximate surface area is 179 Å². The van der Waals surface area contributed by atoms with Gasteiger partial charge in [0.25, 0.3) is 0 Å². The molecule has 4 heteroatoms. The summed E-state index contributed by atoms with van der Waals surface area (Å²) in [6.07, 6.45) is 15.6. The maximum Gasteiger partial charge on any atom is -0.00490 e. The van der Waals surface area contributed by atoms with E-state index in [1.807, 2.05) is 0 Å². The Balaban J connectivity index is -0.000000152. The highest BCUT2D eigenvalue weighted by molar-refractivity contribution is 4.57. The maximum absolute atomic E-state index is 5.52. The van der Waals surface area contributed by atoms with Crippen molar-refractivity contribution in [1.29, 1.82) is 0 Å². The molecule has 0 saturated heterocycles. The third-order valence-corrected chi connectivity index (χ3v) is 5.63. The zero-order chi connectivity index (χ0) is 21.3. The fourth-order valence-electron chi connectivity index (χ4n) is 2.94. The van der Waals surface area contributed by atoms with Crippen molar-refractivity contribution in [3.63, 3.8) is 0 Å². The Bertz CT molecular complexity index is 187. The Morgan fingerprint density at radius 2 is 0.679 bits per heavy atom. The van der Waals surface area contributed by atoms with Gasteiger partial charge in [0.05, 0.1) is 0 Å². The van der Waals surface area contributed by atoms with E-state index in [4.69, 9.17) is 17.2 Å². The lowest BCUT2D eigenvalue weighted by molar-refractivity contribution is 0.461. The zero-order valence-electron chi connectivity index (χ0n) is 20.8. The monoisotopic (exact) mass is 404 g/mol. The van der Waals surface area contributed by atoms with Gasteiger partial charge in [0.15, 0.2) is 0 Å². The molecule has 0 aromatic heterocycles. The van der Waals surface area contributed by atoms with E-state index in [0.717, 1.165) is 37.4 Å². The summed E-state index contributed by atoms with van der Waals surface area (Å²) in [6, 6.07) is 0. The van der Waals surface area contributed by atoms with E-state index in [-0.39, 0.29) is 6.15 Å². The van der Waals surface area contributed by atoms with Crippen LogP contribution in [-0.2, 0) is 0 Å². The Morgan fingerprint density at radius 1 is 0.464 bits per heavy atom. The van der Waals surface area contributed by atoms with Crippen LogP contribution in [0.25, 0.3) is 0 Å². The van der Waals surface area contributed by atoms with Crippen LogP contribution < -0.4 is 23.4 Å². The quantitative estimate of drug-likeness (QED) is 0.245. The second-order valence-corrected chi connectivity index (χ2v) is 7.96. The standard InChI is InChI=1S/3C8H19N.H3N/c3*1-3-5-6-8(4-2)7-9;/h3*8H,3-7,9H2,1-2H3;1H3. The fraction of sp³-hybridized carbons (Fsp3) is 1.00. The normalized spacial score (nSPS) is 13.2. The molecule has 0 aliphatic rings. The van der Waals surface area contributed by atoms with Gasteiger partial charge in [-0.05, 0) is 56.7 Å². The van der Waals surface area contributed by atoms with Crippen LogP contribution in [0, 0.1) is 17.8 Å². The zero-order valence-corrected chi connectivity index (χ0v) is 20.8. The van der Waals surface area contributed by atoms with E-state index in [9.17, 15) is 0 Å². The molecule has 0 aliphatic heterocycles. The molecule has 0 saturated carbocycles. The Morgan fingerprint density at radius 3 is 0.786 bits per heavy atom.